The molecule has 8 heteroatoms. The number of rotatable bonds is 6. The van der Waals surface area contributed by atoms with Crippen LogP contribution in [0.25, 0.3) is 11.4 Å². The van der Waals surface area contributed by atoms with Gasteiger partial charge in [-0.1, -0.05) is 36.6 Å². The lowest BCUT2D eigenvalue weighted by Crippen LogP contribution is -2.24. The van der Waals surface area contributed by atoms with E-state index in [1.54, 1.807) is 31.3 Å². The Balaban J connectivity index is 1.61. The molecule has 1 fully saturated rings. The highest BCUT2D eigenvalue weighted by atomic mass is 35.5. The predicted molar refractivity (Wildman–Crippen MR) is 113 cm³/mol. The molecule has 0 unspecified atom stereocenters. The van der Waals surface area contributed by atoms with Gasteiger partial charge in [0.15, 0.2) is 0 Å². The van der Waals surface area contributed by atoms with Crippen molar-refractivity contribution in [1.82, 2.24) is 19.5 Å². The third kappa shape index (κ3) is 4.22. The van der Waals surface area contributed by atoms with Crippen molar-refractivity contribution in [3.8, 4) is 11.4 Å². The van der Waals surface area contributed by atoms with Gasteiger partial charge in [-0.2, -0.15) is 5.10 Å². The molecule has 0 amide bonds. The fourth-order valence-corrected chi connectivity index (χ4v) is 5.28. The smallest absolute Gasteiger partial charge is 0.241 e. The molecule has 29 heavy (non-hydrogen) atoms. The lowest BCUT2D eigenvalue weighted by atomic mass is 10.2. The summed E-state index contributed by atoms with van der Waals surface area (Å²) < 4.78 is 30.2. The number of hydrogen-bond donors (Lipinski definition) is 1. The number of benzene rings is 1. The first kappa shape index (κ1) is 20.1. The van der Waals surface area contributed by atoms with E-state index in [9.17, 15) is 8.42 Å². The topological polar surface area (TPSA) is 76.9 Å². The van der Waals surface area contributed by atoms with E-state index >= 15 is 0 Å². The first-order valence-corrected chi connectivity index (χ1v) is 11.6. The molecular formula is C21H23ClN4O2S. The third-order valence-corrected chi connectivity index (χ3v) is 7.29. The van der Waals surface area contributed by atoms with Gasteiger partial charge in [-0.25, -0.2) is 13.1 Å². The van der Waals surface area contributed by atoms with Crippen LogP contribution in [0.15, 0.2) is 53.6 Å². The Bertz CT molecular complexity index is 1110. The van der Waals surface area contributed by atoms with Gasteiger partial charge in [-0.05, 0) is 55.7 Å². The van der Waals surface area contributed by atoms with E-state index in [2.05, 4.69) is 9.71 Å². The van der Waals surface area contributed by atoms with Crippen LogP contribution >= 0.6 is 11.6 Å². The number of hydrogen-bond acceptors (Lipinski definition) is 4. The van der Waals surface area contributed by atoms with Crippen molar-refractivity contribution in [3.63, 3.8) is 0 Å². The van der Waals surface area contributed by atoms with E-state index in [1.165, 1.54) is 12.8 Å². The van der Waals surface area contributed by atoms with Gasteiger partial charge in [-0.3, -0.25) is 9.67 Å². The molecule has 0 aliphatic heterocycles. The van der Waals surface area contributed by atoms with Gasteiger partial charge in [0.1, 0.15) is 0 Å². The molecule has 0 bridgehead atoms. The molecule has 0 radical (unpaired) electrons. The molecular weight excluding hydrogens is 408 g/mol. The Hall–Kier alpha value is -2.22. The second-order valence-corrected chi connectivity index (χ2v) is 9.45. The van der Waals surface area contributed by atoms with Gasteiger partial charge in [0.05, 0.1) is 34.6 Å². The average Bonchev–Trinajstić information content (AvgIpc) is 3.39. The van der Waals surface area contributed by atoms with Crippen LogP contribution in [0.4, 0.5) is 0 Å². The zero-order valence-electron chi connectivity index (χ0n) is 16.2. The van der Waals surface area contributed by atoms with Gasteiger partial charge in [0.2, 0.25) is 10.0 Å². The van der Waals surface area contributed by atoms with Gasteiger partial charge in [0, 0.05) is 11.2 Å². The first-order valence-electron chi connectivity index (χ1n) is 9.70. The van der Waals surface area contributed by atoms with E-state index in [1.807, 2.05) is 28.9 Å². The lowest BCUT2D eigenvalue weighted by Gasteiger charge is -2.13. The SMILES string of the molecule is Cc1c(Cl)cccc1S(=O)(=O)NCc1cc(-c2ccccn2)n(C2CCCC2)n1. The second kappa shape index (κ2) is 8.26. The molecule has 0 spiro atoms. The van der Waals surface area contributed by atoms with E-state index < -0.39 is 10.0 Å². The summed E-state index contributed by atoms with van der Waals surface area (Å²) in [5.74, 6) is 0. The quantitative estimate of drug-likeness (QED) is 0.624. The van der Waals surface area contributed by atoms with Crippen LogP contribution in [-0.4, -0.2) is 23.2 Å². The number of sulfonamides is 1. The van der Waals surface area contributed by atoms with Crippen LogP contribution in [0.1, 0.15) is 43.0 Å². The summed E-state index contributed by atoms with van der Waals surface area (Å²) in [5, 5.41) is 5.16. The minimum atomic E-state index is -3.70. The van der Waals surface area contributed by atoms with Crippen molar-refractivity contribution < 1.29 is 8.42 Å². The zero-order chi connectivity index (χ0) is 20.4. The molecule has 1 N–H and O–H groups in total. The first-order chi connectivity index (χ1) is 14.0. The zero-order valence-corrected chi connectivity index (χ0v) is 17.7. The molecule has 1 saturated carbocycles. The molecule has 4 rings (SSSR count). The molecule has 152 valence electrons. The van der Waals surface area contributed by atoms with Crippen molar-refractivity contribution in [2.75, 3.05) is 0 Å². The van der Waals surface area contributed by atoms with Crippen LogP contribution in [0, 0.1) is 6.92 Å². The Morgan fingerprint density at radius 3 is 2.69 bits per heavy atom. The lowest BCUT2D eigenvalue weighted by molar-refractivity contribution is 0.466. The highest BCUT2D eigenvalue weighted by molar-refractivity contribution is 7.89. The average molecular weight is 431 g/mol. The van der Waals surface area contributed by atoms with Crippen molar-refractivity contribution in [2.45, 2.75) is 50.1 Å². The Labute approximate surface area is 176 Å². The maximum atomic E-state index is 12.8. The third-order valence-electron chi connectivity index (χ3n) is 5.34. The number of nitrogens with zero attached hydrogens (tertiary/aromatic N) is 3. The maximum absolute atomic E-state index is 12.8. The summed E-state index contributed by atoms with van der Waals surface area (Å²) in [4.78, 5) is 4.64. The molecule has 0 saturated heterocycles. The standard InChI is InChI=1S/C21H23ClN4O2S/c1-15-18(22)9-6-11-21(15)29(27,28)24-14-16-13-20(19-10-4-5-12-23-19)26(25-16)17-7-2-3-8-17/h4-6,9-13,17,24H,2-3,7-8,14H2,1H3. The van der Waals surface area contributed by atoms with Gasteiger partial charge < -0.3 is 0 Å². The van der Waals surface area contributed by atoms with E-state index in [0.29, 0.717) is 22.3 Å². The van der Waals surface area contributed by atoms with Crippen LogP contribution in [0.3, 0.4) is 0 Å². The fourth-order valence-electron chi connectivity index (χ4n) is 3.79. The maximum Gasteiger partial charge on any atom is 0.241 e. The molecule has 0 atom stereocenters. The highest BCUT2D eigenvalue weighted by Gasteiger charge is 2.24. The molecule has 3 aromatic rings. The van der Waals surface area contributed by atoms with E-state index in [0.717, 1.165) is 24.2 Å². The summed E-state index contributed by atoms with van der Waals surface area (Å²) in [6, 6.07) is 12.9. The normalized spacial score (nSPS) is 15.1. The molecule has 2 heterocycles. The number of aromatic nitrogens is 3. The van der Waals surface area contributed by atoms with E-state index in [4.69, 9.17) is 16.7 Å². The molecule has 1 aromatic carbocycles. The molecule has 1 aliphatic rings. The van der Waals surface area contributed by atoms with E-state index in [-0.39, 0.29) is 11.4 Å². The van der Waals surface area contributed by atoms with Gasteiger partial charge in [-0.15, -0.1) is 0 Å². The molecule has 1 aliphatic carbocycles. The van der Waals surface area contributed by atoms with Crippen LogP contribution < -0.4 is 4.72 Å². The number of pyridine rings is 1. The molecule has 2 aromatic heterocycles. The Morgan fingerprint density at radius 1 is 1.17 bits per heavy atom. The Morgan fingerprint density at radius 2 is 1.97 bits per heavy atom. The molecule has 6 nitrogen and oxygen atoms in total. The van der Waals surface area contributed by atoms with Crippen molar-refractivity contribution in [1.29, 1.82) is 0 Å². The highest BCUT2D eigenvalue weighted by Crippen LogP contribution is 2.33. The van der Waals surface area contributed by atoms with Crippen molar-refractivity contribution in [3.05, 3.63) is 64.9 Å². The Kier molecular flexibility index (Phi) is 5.72. The minimum Gasteiger partial charge on any atom is -0.260 e. The van der Waals surface area contributed by atoms with Crippen molar-refractivity contribution >= 4 is 21.6 Å². The van der Waals surface area contributed by atoms with Crippen molar-refractivity contribution in [2.24, 2.45) is 0 Å². The second-order valence-electron chi connectivity index (χ2n) is 7.31. The van der Waals surface area contributed by atoms with Gasteiger partial charge >= 0.3 is 0 Å². The van der Waals surface area contributed by atoms with Crippen LogP contribution in [-0.2, 0) is 16.6 Å². The predicted octanol–water partition coefficient (Wildman–Crippen LogP) is 4.50. The van der Waals surface area contributed by atoms with Crippen LogP contribution in [0.2, 0.25) is 5.02 Å². The minimum absolute atomic E-state index is 0.105. The summed E-state index contributed by atoms with van der Waals surface area (Å²) in [5.41, 5.74) is 2.96. The summed E-state index contributed by atoms with van der Waals surface area (Å²) in [6.45, 7) is 1.80. The number of nitrogens with one attached hydrogen (secondary N) is 1. The monoisotopic (exact) mass is 430 g/mol. The van der Waals surface area contributed by atoms with Gasteiger partial charge in [0.25, 0.3) is 0 Å². The summed E-state index contributed by atoms with van der Waals surface area (Å²) in [6.07, 6.45) is 6.28. The fraction of sp³-hybridized carbons (Fsp3) is 0.333. The largest absolute Gasteiger partial charge is 0.260 e. The summed E-state index contributed by atoms with van der Waals surface area (Å²) in [7, 11) is -3.70. The van der Waals surface area contributed by atoms with Crippen LogP contribution in [0.5, 0.6) is 0 Å². The summed E-state index contributed by atoms with van der Waals surface area (Å²) >= 11 is 6.09. The number of halogens is 1.